The van der Waals surface area contributed by atoms with Gasteiger partial charge in [-0.25, -0.2) is 23.0 Å². The number of rotatable bonds is 13. The first-order valence-electron chi connectivity index (χ1n) is 15.8. The number of carbonyl (C=O) groups is 2. The van der Waals surface area contributed by atoms with Gasteiger partial charge in [-0.1, -0.05) is 65.7 Å². The molecule has 0 fully saturated rings. The van der Waals surface area contributed by atoms with Crippen LogP contribution in [0.1, 0.15) is 62.2 Å². The lowest BCUT2D eigenvalue weighted by Gasteiger charge is -2.21. The second-order valence-electron chi connectivity index (χ2n) is 12.5. The highest BCUT2D eigenvalue weighted by Crippen LogP contribution is 2.31. The molecule has 278 valence electrons. The highest BCUT2D eigenvalue weighted by Gasteiger charge is 2.35. The molecule has 1 heterocycles. The van der Waals surface area contributed by atoms with Gasteiger partial charge in [-0.3, -0.25) is 0 Å². The van der Waals surface area contributed by atoms with Crippen molar-refractivity contribution in [3.05, 3.63) is 105 Å². The molecule has 0 aliphatic carbocycles. The van der Waals surface area contributed by atoms with E-state index in [0.717, 1.165) is 18.2 Å². The van der Waals surface area contributed by atoms with Crippen molar-refractivity contribution >= 4 is 56.6 Å². The topological polar surface area (TPSA) is 126 Å². The van der Waals surface area contributed by atoms with Crippen LogP contribution in [0.5, 0.6) is 5.75 Å². The van der Waals surface area contributed by atoms with E-state index in [9.17, 15) is 31.2 Å². The van der Waals surface area contributed by atoms with E-state index in [2.05, 4.69) is 4.72 Å². The number of ether oxygens (including phenoxy) is 3. The summed E-state index contributed by atoms with van der Waals surface area (Å²) in [7, 11) is -3.64. The minimum Gasteiger partial charge on any atom is -0.494 e. The number of carbonyl (C=O) groups excluding carboxylic acids is 2. The molecule has 10 nitrogen and oxygen atoms in total. The Morgan fingerprint density at radius 3 is 2.25 bits per heavy atom. The Morgan fingerprint density at radius 2 is 1.65 bits per heavy atom. The number of sulfonamides is 1. The number of imidazole rings is 1. The first-order chi connectivity index (χ1) is 24.3. The maximum absolute atomic E-state index is 12.7. The number of aromatic nitrogens is 2. The van der Waals surface area contributed by atoms with Crippen molar-refractivity contribution in [2.24, 2.45) is 0 Å². The van der Waals surface area contributed by atoms with Crippen molar-refractivity contribution in [2.45, 2.75) is 58.0 Å². The van der Waals surface area contributed by atoms with Gasteiger partial charge in [0.1, 0.15) is 23.2 Å². The fourth-order valence-electron chi connectivity index (χ4n) is 4.72. The van der Waals surface area contributed by atoms with E-state index in [1.165, 1.54) is 32.9 Å². The number of esters is 1. The van der Waals surface area contributed by atoms with Gasteiger partial charge in [0, 0.05) is 29.7 Å². The molecule has 1 atom stereocenters. The quantitative estimate of drug-likeness (QED) is 0.105. The molecule has 16 heteroatoms. The zero-order chi connectivity index (χ0) is 38.3. The maximum atomic E-state index is 12.7. The third kappa shape index (κ3) is 11.8. The van der Waals surface area contributed by atoms with Gasteiger partial charge in [0.15, 0.2) is 0 Å². The Balaban J connectivity index is 1.57. The van der Waals surface area contributed by atoms with E-state index in [1.807, 2.05) is 4.57 Å². The molecule has 0 aliphatic heterocycles. The van der Waals surface area contributed by atoms with E-state index in [0.29, 0.717) is 32.9 Å². The van der Waals surface area contributed by atoms with Crippen molar-refractivity contribution in [2.75, 3.05) is 13.7 Å². The summed E-state index contributed by atoms with van der Waals surface area (Å²) in [4.78, 5) is 29.7. The highest BCUT2D eigenvalue weighted by atomic mass is 35.5. The SMILES string of the molecule is COC(=O)C(NS(=O)(=O)C(=O)OC(C)(C)C)c1ccc(Cn2cc(-c3ccc(Cl)cc3Cl)nc2/C=C/c2ccc(OCCCC(F)(F)F)cc2)cc1. The summed E-state index contributed by atoms with van der Waals surface area (Å²) in [5, 5.41) is -0.683. The zero-order valence-electron chi connectivity index (χ0n) is 28.5. The van der Waals surface area contributed by atoms with E-state index in [-0.39, 0.29) is 25.1 Å². The third-order valence-corrected chi connectivity index (χ3v) is 8.79. The predicted molar refractivity (Wildman–Crippen MR) is 192 cm³/mol. The molecule has 0 saturated heterocycles. The molecule has 0 aliphatic rings. The van der Waals surface area contributed by atoms with Crippen LogP contribution >= 0.6 is 23.2 Å². The molecule has 0 amide bonds. The van der Waals surface area contributed by atoms with Crippen LogP contribution in [0.4, 0.5) is 18.0 Å². The lowest BCUT2D eigenvalue weighted by atomic mass is 10.1. The van der Waals surface area contributed by atoms with Crippen molar-refractivity contribution in [3.63, 3.8) is 0 Å². The number of halogens is 5. The monoisotopic (exact) mass is 781 g/mol. The van der Waals surface area contributed by atoms with Gasteiger partial charge in [-0.2, -0.15) is 17.9 Å². The van der Waals surface area contributed by atoms with Crippen LogP contribution in [0.2, 0.25) is 10.0 Å². The van der Waals surface area contributed by atoms with Gasteiger partial charge in [-0.15, -0.1) is 0 Å². The van der Waals surface area contributed by atoms with Gasteiger partial charge < -0.3 is 18.8 Å². The Hall–Kier alpha value is -4.37. The fraction of sp³-hybridized carbons (Fsp3) is 0.306. The molecule has 0 radical (unpaired) electrons. The number of benzene rings is 3. The molecular formula is C36H36Cl2F3N3O7S. The molecule has 0 bridgehead atoms. The molecule has 3 aromatic carbocycles. The number of hydrogen-bond acceptors (Lipinski definition) is 8. The summed E-state index contributed by atoms with van der Waals surface area (Å²) in [5.41, 5.74) is 1.85. The van der Waals surface area contributed by atoms with E-state index < -0.39 is 45.5 Å². The van der Waals surface area contributed by atoms with Crippen molar-refractivity contribution in [1.82, 2.24) is 14.3 Å². The van der Waals surface area contributed by atoms with Crippen LogP contribution < -0.4 is 9.46 Å². The molecule has 4 aromatic rings. The predicted octanol–water partition coefficient (Wildman–Crippen LogP) is 8.87. The summed E-state index contributed by atoms with van der Waals surface area (Å²) < 4.78 is 81.8. The lowest BCUT2D eigenvalue weighted by Crippen LogP contribution is -2.40. The molecule has 1 N–H and O–H groups in total. The Labute approximate surface area is 309 Å². The van der Waals surface area contributed by atoms with Crippen LogP contribution in [0, 0.1) is 0 Å². The molecule has 4 rings (SSSR count). The molecule has 0 spiro atoms. The Kier molecular flexibility index (Phi) is 13.2. The normalized spacial score (nSPS) is 12.9. The maximum Gasteiger partial charge on any atom is 0.440 e. The zero-order valence-corrected chi connectivity index (χ0v) is 30.9. The van der Waals surface area contributed by atoms with Crippen LogP contribution in [0.3, 0.4) is 0 Å². The van der Waals surface area contributed by atoms with Crippen LogP contribution in [0.25, 0.3) is 23.4 Å². The van der Waals surface area contributed by atoms with Crippen LogP contribution in [-0.4, -0.2) is 54.7 Å². The van der Waals surface area contributed by atoms with Crippen molar-refractivity contribution < 1.29 is 45.4 Å². The number of nitrogens with zero attached hydrogens (tertiary/aromatic N) is 2. The first kappa shape index (κ1) is 40.4. The third-order valence-electron chi connectivity index (χ3n) is 7.18. The van der Waals surface area contributed by atoms with Gasteiger partial charge in [0.05, 0.1) is 24.4 Å². The van der Waals surface area contributed by atoms with Gasteiger partial charge in [0.2, 0.25) is 0 Å². The second-order valence-corrected chi connectivity index (χ2v) is 14.9. The molecule has 52 heavy (non-hydrogen) atoms. The summed E-state index contributed by atoms with van der Waals surface area (Å²) >= 11 is 12.6. The standard InChI is InChI=1S/C36H36Cl2F3N3O7S/c1-35(2,3)51-34(46)52(47,48)43-32(33(45)49-4)25-11-6-24(7-12-25)21-44-22-30(28-16-13-26(37)20-29(28)38)42-31(44)17-10-23-8-14-27(15-9-23)50-19-5-18-36(39,40)41/h6-17,20,22,32,43H,5,18-19,21H2,1-4H3/b17-10+. The van der Waals surface area contributed by atoms with Crippen molar-refractivity contribution in [3.8, 4) is 17.0 Å². The van der Waals surface area contributed by atoms with Crippen LogP contribution in [0.15, 0.2) is 72.9 Å². The summed E-state index contributed by atoms with van der Waals surface area (Å²) in [6.07, 6.45) is 0.0913. The molecule has 1 unspecified atom stereocenters. The minimum atomic E-state index is -4.73. The fourth-order valence-corrected chi connectivity index (χ4v) is 6.22. The number of methoxy groups -OCH3 is 1. The molecular weight excluding hydrogens is 746 g/mol. The van der Waals surface area contributed by atoms with Gasteiger partial charge in [0.25, 0.3) is 0 Å². The van der Waals surface area contributed by atoms with E-state index in [1.54, 1.807) is 72.9 Å². The average Bonchev–Trinajstić information content (AvgIpc) is 3.45. The van der Waals surface area contributed by atoms with Crippen molar-refractivity contribution in [1.29, 1.82) is 0 Å². The van der Waals surface area contributed by atoms with E-state index in [4.69, 9.17) is 42.4 Å². The molecule has 0 saturated carbocycles. The molecule has 1 aromatic heterocycles. The summed E-state index contributed by atoms with van der Waals surface area (Å²) in [6, 6.07) is 16.8. The number of nitrogens with one attached hydrogen (secondary N) is 1. The van der Waals surface area contributed by atoms with Crippen LogP contribution in [-0.2, 0) is 30.8 Å². The van der Waals surface area contributed by atoms with Gasteiger partial charge in [-0.05, 0) is 80.3 Å². The highest BCUT2D eigenvalue weighted by molar-refractivity contribution is 8.04. The second kappa shape index (κ2) is 17.0. The summed E-state index contributed by atoms with van der Waals surface area (Å²) in [6.45, 7) is 4.75. The largest absolute Gasteiger partial charge is 0.494 e. The smallest absolute Gasteiger partial charge is 0.440 e. The van der Waals surface area contributed by atoms with E-state index >= 15 is 0 Å². The average molecular weight is 783 g/mol. The first-order valence-corrected chi connectivity index (χ1v) is 18.0. The Bertz CT molecular complexity index is 2010. The van der Waals surface area contributed by atoms with Gasteiger partial charge >= 0.3 is 27.5 Å². The number of hydrogen-bond donors (Lipinski definition) is 1. The lowest BCUT2D eigenvalue weighted by molar-refractivity contribution is -0.142. The number of alkyl halides is 3. The minimum absolute atomic E-state index is 0.0613. The summed E-state index contributed by atoms with van der Waals surface area (Å²) in [5.74, 6) is 0.0404. The Morgan fingerprint density at radius 1 is 0.981 bits per heavy atom.